The van der Waals surface area contributed by atoms with Crippen molar-refractivity contribution in [3.8, 4) is 0 Å². The molecule has 5 heteroatoms. The van der Waals surface area contributed by atoms with Crippen molar-refractivity contribution in [3.05, 3.63) is 54.4 Å². The third kappa shape index (κ3) is 3.56. The van der Waals surface area contributed by atoms with E-state index in [1.807, 2.05) is 24.3 Å². The summed E-state index contributed by atoms with van der Waals surface area (Å²) >= 11 is 8.84. The molecule has 0 fully saturated rings. The summed E-state index contributed by atoms with van der Waals surface area (Å²) < 4.78 is 7.99. The molecule has 0 aliphatic carbocycles. The molecule has 0 aliphatic rings. The predicted molar refractivity (Wildman–Crippen MR) is 81.9 cm³/mol. The molecular formula is C12H9Br2IO2. The van der Waals surface area contributed by atoms with Crippen molar-refractivity contribution in [1.29, 1.82) is 0 Å². The maximum Gasteiger partial charge on any atom is 0.183 e. The van der Waals surface area contributed by atoms with Gasteiger partial charge in [-0.25, -0.2) is 0 Å². The fourth-order valence-corrected chi connectivity index (χ4v) is 2.44. The third-order valence-electron chi connectivity index (χ3n) is 2.33. The zero-order chi connectivity index (χ0) is 12.4. The van der Waals surface area contributed by atoms with Crippen LogP contribution in [0.2, 0.25) is 0 Å². The fourth-order valence-electron chi connectivity index (χ4n) is 1.47. The van der Waals surface area contributed by atoms with Crippen LogP contribution in [-0.4, -0.2) is 5.11 Å². The maximum atomic E-state index is 10.0. The summed E-state index contributed by atoms with van der Waals surface area (Å²) in [6, 6.07) is 9.85. The van der Waals surface area contributed by atoms with Crippen molar-refractivity contribution in [2.45, 2.75) is 12.5 Å². The molecule has 0 aliphatic heterocycles. The number of hydrogen-bond acceptors (Lipinski definition) is 2. The quantitative estimate of drug-likeness (QED) is 0.659. The molecule has 1 heterocycles. The van der Waals surface area contributed by atoms with Gasteiger partial charge in [0.15, 0.2) is 4.67 Å². The molecule has 2 rings (SSSR count). The molecule has 1 aromatic carbocycles. The Morgan fingerprint density at radius 1 is 1.24 bits per heavy atom. The Morgan fingerprint density at radius 2 is 1.88 bits per heavy atom. The van der Waals surface area contributed by atoms with E-state index in [0.29, 0.717) is 16.9 Å². The number of aliphatic hydroxyl groups is 1. The number of benzene rings is 1. The first-order chi connectivity index (χ1) is 8.06. The lowest BCUT2D eigenvalue weighted by molar-refractivity contribution is 0.149. The second kappa shape index (κ2) is 5.86. The number of halogens is 3. The predicted octanol–water partition coefficient (Wildman–Crippen LogP) is 4.69. The van der Waals surface area contributed by atoms with E-state index in [9.17, 15) is 5.11 Å². The lowest BCUT2D eigenvalue weighted by Crippen LogP contribution is -2.00. The Morgan fingerprint density at radius 3 is 2.41 bits per heavy atom. The number of aliphatic hydroxyl groups excluding tert-OH is 1. The molecule has 2 nitrogen and oxygen atoms in total. The summed E-state index contributed by atoms with van der Waals surface area (Å²) in [5, 5.41) is 10.0. The highest BCUT2D eigenvalue weighted by atomic mass is 127. The minimum absolute atomic E-state index is 0.545. The van der Waals surface area contributed by atoms with Gasteiger partial charge in [0.05, 0.1) is 4.47 Å². The van der Waals surface area contributed by atoms with Gasteiger partial charge >= 0.3 is 0 Å². The Hall–Kier alpha value is 0.150. The van der Waals surface area contributed by atoms with Crippen LogP contribution in [0.15, 0.2) is 43.9 Å². The molecule has 2 aromatic rings. The van der Waals surface area contributed by atoms with E-state index in [2.05, 4.69) is 54.5 Å². The topological polar surface area (TPSA) is 33.4 Å². The minimum Gasteiger partial charge on any atom is -0.450 e. The average Bonchev–Trinajstić information content (AvgIpc) is 2.63. The smallest absolute Gasteiger partial charge is 0.183 e. The van der Waals surface area contributed by atoms with E-state index in [-0.39, 0.29) is 0 Å². The second-order valence-corrected chi connectivity index (χ2v) is 6.44. The molecule has 1 unspecified atom stereocenters. The highest BCUT2D eigenvalue weighted by molar-refractivity contribution is 14.1. The third-order valence-corrected chi connectivity index (χ3v) is 4.76. The standard InChI is InChI=1S/C12H9Br2IO2/c13-9-6-11(17-12(9)14)10(16)5-7-1-3-8(15)4-2-7/h1-4,6,10,16H,5H2. The largest absolute Gasteiger partial charge is 0.450 e. The Labute approximate surface area is 130 Å². The highest BCUT2D eigenvalue weighted by Gasteiger charge is 2.15. The average molecular weight is 472 g/mol. The Kier molecular flexibility index (Phi) is 4.68. The van der Waals surface area contributed by atoms with Crippen molar-refractivity contribution in [3.63, 3.8) is 0 Å². The first kappa shape index (κ1) is 13.6. The summed E-state index contributed by atoms with van der Waals surface area (Å²) in [5.41, 5.74) is 1.08. The SMILES string of the molecule is OC(Cc1ccc(I)cc1)c1cc(Br)c(Br)o1. The summed E-state index contributed by atoms with van der Waals surface area (Å²) in [7, 11) is 0. The zero-order valence-electron chi connectivity index (χ0n) is 8.66. The first-order valence-electron chi connectivity index (χ1n) is 4.93. The molecule has 0 saturated heterocycles. The molecule has 0 spiro atoms. The van der Waals surface area contributed by atoms with Gasteiger partial charge in [0, 0.05) is 9.99 Å². The van der Waals surface area contributed by atoms with Gasteiger partial charge in [-0.05, 0) is 78.2 Å². The van der Waals surface area contributed by atoms with E-state index in [1.165, 1.54) is 3.57 Å². The van der Waals surface area contributed by atoms with Crippen LogP contribution in [0.1, 0.15) is 17.4 Å². The summed E-state index contributed by atoms with van der Waals surface area (Å²) in [4.78, 5) is 0. The lowest BCUT2D eigenvalue weighted by atomic mass is 10.1. The van der Waals surface area contributed by atoms with Crippen molar-refractivity contribution in [1.82, 2.24) is 0 Å². The molecule has 1 atom stereocenters. The maximum absolute atomic E-state index is 10.0. The Bertz CT molecular complexity index is 488. The van der Waals surface area contributed by atoms with Gasteiger partial charge < -0.3 is 9.52 Å². The zero-order valence-corrected chi connectivity index (χ0v) is 14.0. The van der Waals surface area contributed by atoms with E-state index >= 15 is 0 Å². The van der Waals surface area contributed by atoms with Crippen molar-refractivity contribution in [2.75, 3.05) is 0 Å². The van der Waals surface area contributed by atoms with Crippen LogP contribution in [0.25, 0.3) is 0 Å². The molecule has 1 N–H and O–H groups in total. The molecule has 90 valence electrons. The van der Waals surface area contributed by atoms with Crippen LogP contribution < -0.4 is 0 Å². The van der Waals surface area contributed by atoms with Gasteiger partial charge in [0.2, 0.25) is 0 Å². The lowest BCUT2D eigenvalue weighted by Gasteiger charge is -2.07. The molecule has 0 amide bonds. The van der Waals surface area contributed by atoms with Gasteiger partial charge in [-0.3, -0.25) is 0 Å². The van der Waals surface area contributed by atoms with Crippen LogP contribution in [-0.2, 0) is 6.42 Å². The fraction of sp³-hybridized carbons (Fsp3) is 0.167. The second-order valence-electron chi connectivity index (χ2n) is 3.62. The molecule has 17 heavy (non-hydrogen) atoms. The first-order valence-corrected chi connectivity index (χ1v) is 7.60. The van der Waals surface area contributed by atoms with Gasteiger partial charge in [0.25, 0.3) is 0 Å². The van der Waals surface area contributed by atoms with Crippen LogP contribution in [0.4, 0.5) is 0 Å². The van der Waals surface area contributed by atoms with E-state index in [1.54, 1.807) is 6.07 Å². The monoisotopic (exact) mass is 470 g/mol. The molecule has 0 bridgehead atoms. The van der Waals surface area contributed by atoms with Crippen molar-refractivity contribution < 1.29 is 9.52 Å². The molecule has 0 radical (unpaired) electrons. The number of furan rings is 1. The molecule has 0 saturated carbocycles. The van der Waals surface area contributed by atoms with Crippen LogP contribution >= 0.6 is 54.5 Å². The van der Waals surface area contributed by atoms with Gasteiger partial charge in [-0.15, -0.1) is 0 Å². The van der Waals surface area contributed by atoms with Crippen LogP contribution in [0, 0.1) is 3.57 Å². The van der Waals surface area contributed by atoms with E-state index < -0.39 is 6.10 Å². The van der Waals surface area contributed by atoms with E-state index in [4.69, 9.17) is 4.42 Å². The summed E-state index contributed by atoms with van der Waals surface area (Å²) in [6.45, 7) is 0. The van der Waals surface area contributed by atoms with Crippen LogP contribution in [0.5, 0.6) is 0 Å². The Balaban J connectivity index is 2.11. The van der Waals surface area contributed by atoms with Gasteiger partial charge in [-0.2, -0.15) is 0 Å². The normalized spacial score (nSPS) is 12.7. The number of rotatable bonds is 3. The summed E-state index contributed by atoms with van der Waals surface area (Å²) in [5.74, 6) is 0.558. The van der Waals surface area contributed by atoms with E-state index in [0.717, 1.165) is 10.0 Å². The molecular weight excluding hydrogens is 463 g/mol. The minimum atomic E-state index is -0.627. The molecule has 1 aromatic heterocycles. The van der Waals surface area contributed by atoms with Gasteiger partial charge in [0.1, 0.15) is 11.9 Å². The van der Waals surface area contributed by atoms with Gasteiger partial charge in [-0.1, -0.05) is 12.1 Å². The number of hydrogen-bond donors (Lipinski definition) is 1. The summed E-state index contributed by atoms with van der Waals surface area (Å²) in [6.07, 6.45) is -0.0822. The van der Waals surface area contributed by atoms with Crippen LogP contribution in [0.3, 0.4) is 0 Å². The van der Waals surface area contributed by atoms with Crippen molar-refractivity contribution in [2.24, 2.45) is 0 Å². The van der Waals surface area contributed by atoms with Crippen molar-refractivity contribution >= 4 is 54.5 Å². The highest BCUT2D eigenvalue weighted by Crippen LogP contribution is 2.31.